The highest BCUT2D eigenvalue weighted by Crippen LogP contribution is 2.45. The summed E-state index contributed by atoms with van der Waals surface area (Å²) in [5.74, 6) is 1.53. The van der Waals surface area contributed by atoms with Crippen LogP contribution in [0.3, 0.4) is 0 Å². The fourth-order valence-electron chi connectivity index (χ4n) is 6.38. The number of hydrogen-bond acceptors (Lipinski definition) is 6. The molecule has 2 aromatic carbocycles. The average Bonchev–Trinajstić information content (AvgIpc) is 3.03. The molecule has 236 valence electrons. The Morgan fingerprint density at radius 3 is 2.35 bits per heavy atom. The molecular weight excluding hydrogens is 556 g/mol. The predicted molar refractivity (Wildman–Crippen MR) is 178 cm³/mol. The summed E-state index contributed by atoms with van der Waals surface area (Å²) in [6.07, 6.45) is 20.6. The summed E-state index contributed by atoms with van der Waals surface area (Å²) in [6.45, 7) is 5.02. The zero-order valence-corrected chi connectivity index (χ0v) is 27.2. The molecule has 0 atom stereocenters. The fourth-order valence-corrected chi connectivity index (χ4v) is 6.82. The number of benzene rings is 2. The van der Waals surface area contributed by atoms with Gasteiger partial charge < -0.3 is 13.8 Å². The van der Waals surface area contributed by atoms with E-state index in [4.69, 9.17) is 13.8 Å². The summed E-state index contributed by atoms with van der Waals surface area (Å²) < 4.78 is 17.7. The summed E-state index contributed by atoms with van der Waals surface area (Å²) in [5, 5.41) is 7.04. The van der Waals surface area contributed by atoms with E-state index in [2.05, 4.69) is 54.7 Å². The minimum atomic E-state index is -0.587. The monoisotopic (exact) mass is 608 g/mol. The maximum atomic E-state index is 12.6. The van der Waals surface area contributed by atoms with Gasteiger partial charge in [-0.05, 0) is 93.2 Å². The van der Waals surface area contributed by atoms with Gasteiger partial charge in [0.2, 0.25) is 0 Å². The van der Waals surface area contributed by atoms with Gasteiger partial charge in [0.25, 0.3) is 0 Å². The molecule has 0 saturated heterocycles. The summed E-state index contributed by atoms with van der Waals surface area (Å²) in [7, 11) is 0. The van der Waals surface area contributed by atoms with Crippen LogP contribution in [-0.2, 0) is 14.6 Å². The smallest absolute Gasteiger partial charge is 0.412 e. The second kappa shape index (κ2) is 18.2. The molecule has 6 nitrogen and oxygen atoms in total. The molecule has 0 bridgehead atoms. The lowest BCUT2D eigenvalue weighted by molar-refractivity contribution is -0.00703. The van der Waals surface area contributed by atoms with Crippen LogP contribution in [0.15, 0.2) is 52.5 Å². The van der Waals surface area contributed by atoms with Gasteiger partial charge >= 0.3 is 6.09 Å². The van der Waals surface area contributed by atoms with Gasteiger partial charge in [0.15, 0.2) is 0 Å². The molecule has 1 saturated carbocycles. The van der Waals surface area contributed by atoms with Crippen molar-refractivity contribution < 1.29 is 18.6 Å². The first-order valence-electron chi connectivity index (χ1n) is 16.9. The lowest BCUT2D eigenvalue weighted by Crippen LogP contribution is -2.39. The van der Waals surface area contributed by atoms with Crippen LogP contribution >= 0.6 is 12.0 Å². The summed E-state index contributed by atoms with van der Waals surface area (Å²) >= 11 is 1.29. The Labute approximate surface area is 263 Å². The quantitative estimate of drug-likeness (QED) is 0.0743. The molecule has 1 amide bonds. The number of nitrogens with zero attached hydrogens (tertiary/aromatic N) is 1. The van der Waals surface area contributed by atoms with Crippen molar-refractivity contribution >= 4 is 30.0 Å². The molecule has 1 N–H and O–H groups in total. The number of rotatable bonds is 19. The van der Waals surface area contributed by atoms with Crippen molar-refractivity contribution in [3.05, 3.63) is 53.6 Å². The highest BCUT2D eigenvalue weighted by atomic mass is 32.2. The largest absolute Gasteiger partial charge is 0.494 e. The molecule has 1 heterocycles. The number of oxime groups is 1. The van der Waals surface area contributed by atoms with Crippen molar-refractivity contribution in [1.82, 2.24) is 0 Å². The second-order valence-corrected chi connectivity index (χ2v) is 13.0. The highest BCUT2D eigenvalue weighted by Gasteiger charge is 2.41. The average molecular weight is 609 g/mol. The Kier molecular flexibility index (Phi) is 14.1. The van der Waals surface area contributed by atoms with Crippen LogP contribution < -0.4 is 10.1 Å². The van der Waals surface area contributed by atoms with Crippen LogP contribution in [-0.4, -0.2) is 18.9 Å². The Morgan fingerprint density at radius 1 is 0.930 bits per heavy atom. The molecule has 1 aliphatic heterocycles. The van der Waals surface area contributed by atoms with Gasteiger partial charge in [-0.3, -0.25) is 5.32 Å². The second-order valence-electron chi connectivity index (χ2n) is 12.2. The molecule has 7 heteroatoms. The number of anilines is 1. The van der Waals surface area contributed by atoms with E-state index in [9.17, 15) is 4.79 Å². The number of fused-ring (bicyclic) bond motifs is 1. The number of hydrogen-bond donors (Lipinski definition) is 1. The first kappa shape index (κ1) is 33.2. The molecule has 0 unspecified atom stereocenters. The lowest BCUT2D eigenvalue weighted by atomic mass is 9.81. The molecule has 2 aromatic rings. The third-order valence-corrected chi connectivity index (χ3v) is 9.45. The first-order chi connectivity index (χ1) is 21.1. The van der Waals surface area contributed by atoms with E-state index in [1.807, 2.05) is 12.1 Å². The van der Waals surface area contributed by atoms with Crippen molar-refractivity contribution in [2.24, 2.45) is 5.16 Å². The van der Waals surface area contributed by atoms with Crippen LogP contribution in [0.1, 0.15) is 140 Å². The number of carbonyl (C=O) groups excluding carboxylic acids is 1. The zero-order chi connectivity index (χ0) is 30.2. The van der Waals surface area contributed by atoms with E-state index < -0.39 is 5.60 Å². The third kappa shape index (κ3) is 10.5. The Hall–Kier alpha value is -2.67. The van der Waals surface area contributed by atoms with Crippen molar-refractivity contribution in [2.75, 3.05) is 11.9 Å². The maximum absolute atomic E-state index is 12.6. The van der Waals surface area contributed by atoms with Crippen LogP contribution in [0.4, 0.5) is 10.5 Å². The highest BCUT2D eigenvalue weighted by molar-refractivity contribution is 7.94. The SMILES string of the molecule is CCCCCCC1(CCCCCC)OC(=O)Nc2ccc(OCCCC=NOSc3ccc(C4CCCCC4)cc3)cc21. The number of amides is 1. The van der Waals surface area contributed by atoms with Gasteiger partial charge in [0.05, 0.1) is 17.2 Å². The molecular formula is C36H52N2O4S. The molecule has 2 aliphatic rings. The van der Waals surface area contributed by atoms with Gasteiger partial charge in [0, 0.05) is 11.8 Å². The van der Waals surface area contributed by atoms with E-state index in [-0.39, 0.29) is 6.09 Å². The minimum absolute atomic E-state index is 0.344. The fraction of sp³-hybridized carbons (Fsp3) is 0.611. The van der Waals surface area contributed by atoms with Crippen LogP contribution in [0.5, 0.6) is 5.75 Å². The zero-order valence-electron chi connectivity index (χ0n) is 26.4. The number of nitrogens with one attached hydrogen (secondary N) is 1. The van der Waals surface area contributed by atoms with E-state index in [0.717, 1.165) is 79.2 Å². The number of unbranched alkanes of at least 4 members (excludes halogenated alkanes) is 7. The van der Waals surface area contributed by atoms with Gasteiger partial charge in [-0.25, -0.2) is 4.79 Å². The predicted octanol–water partition coefficient (Wildman–Crippen LogP) is 11.3. The molecule has 43 heavy (non-hydrogen) atoms. The molecule has 0 radical (unpaired) electrons. The van der Waals surface area contributed by atoms with Crippen LogP contribution in [0.25, 0.3) is 0 Å². The van der Waals surface area contributed by atoms with Gasteiger partial charge in [-0.1, -0.05) is 88.9 Å². The van der Waals surface area contributed by atoms with Crippen LogP contribution in [0.2, 0.25) is 0 Å². The standard InChI is InChI=1S/C36H52N2O4S/c1-3-5-7-12-24-36(25-13-8-6-4-2)33-28-31(20-23-34(33)38-35(39)41-36)40-27-15-14-26-37-42-43-32-21-18-30(19-22-32)29-16-10-9-11-17-29/h18-23,26,28-29H,3-17,24-25,27H2,1-2H3,(H,38,39). The summed E-state index contributed by atoms with van der Waals surface area (Å²) in [5.41, 5.74) is 2.76. The number of cyclic esters (lactones) is 1. The van der Waals surface area contributed by atoms with Gasteiger partial charge in [-0.15, -0.1) is 0 Å². The van der Waals surface area contributed by atoms with E-state index in [1.165, 1.54) is 75.4 Å². The minimum Gasteiger partial charge on any atom is -0.494 e. The van der Waals surface area contributed by atoms with Gasteiger partial charge in [-0.2, -0.15) is 0 Å². The lowest BCUT2D eigenvalue weighted by Gasteiger charge is -2.39. The number of carbonyl (C=O) groups is 1. The number of ether oxygens (including phenoxy) is 2. The van der Waals surface area contributed by atoms with Gasteiger partial charge in [0.1, 0.15) is 23.4 Å². The Morgan fingerprint density at radius 2 is 1.65 bits per heavy atom. The molecule has 1 aliphatic carbocycles. The normalized spacial score (nSPS) is 16.5. The van der Waals surface area contributed by atoms with E-state index in [1.54, 1.807) is 6.21 Å². The van der Waals surface area contributed by atoms with Crippen LogP contribution in [0, 0.1) is 0 Å². The Bertz CT molecular complexity index is 1120. The topological polar surface area (TPSA) is 69.2 Å². The molecule has 1 fully saturated rings. The molecule has 0 aromatic heterocycles. The van der Waals surface area contributed by atoms with E-state index in [0.29, 0.717) is 6.61 Å². The maximum Gasteiger partial charge on any atom is 0.412 e. The van der Waals surface area contributed by atoms with E-state index >= 15 is 0 Å². The molecule has 4 rings (SSSR count). The summed E-state index contributed by atoms with van der Waals surface area (Å²) in [6, 6.07) is 14.7. The van der Waals surface area contributed by atoms with Crippen molar-refractivity contribution in [1.29, 1.82) is 0 Å². The van der Waals surface area contributed by atoms with Crippen molar-refractivity contribution in [3.8, 4) is 5.75 Å². The first-order valence-corrected chi connectivity index (χ1v) is 17.6. The Balaban J connectivity index is 1.24. The van der Waals surface area contributed by atoms with Crippen molar-refractivity contribution in [3.63, 3.8) is 0 Å². The summed E-state index contributed by atoms with van der Waals surface area (Å²) in [4.78, 5) is 13.7. The molecule has 0 spiro atoms. The van der Waals surface area contributed by atoms with Crippen molar-refractivity contribution in [2.45, 2.75) is 139 Å². The third-order valence-electron chi connectivity index (χ3n) is 8.83.